The van der Waals surface area contributed by atoms with Crippen molar-refractivity contribution in [2.45, 2.75) is 58.0 Å². The Balaban J connectivity index is 1.81. The first-order chi connectivity index (χ1) is 11.9. The third-order valence-electron chi connectivity index (χ3n) is 7.51. The van der Waals surface area contributed by atoms with E-state index < -0.39 is 5.60 Å². The number of hydrogen-bond acceptors (Lipinski definition) is 1. The van der Waals surface area contributed by atoms with Gasteiger partial charge in [0.25, 0.3) is 0 Å². The SMILES string of the molecule is Cc1ccc(C2CC3CCC(C)C3(C)CC2(O)c2ccccc2)cc1. The average molecular weight is 335 g/mol. The maximum atomic E-state index is 12.1. The molecule has 0 aromatic heterocycles. The number of benzene rings is 2. The molecule has 0 heterocycles. The van der Waals surface area contributed by atoms with Gasteiger partial charge in [-0.1, -0.05) is 74.0 Å². The van der Waals surface area contributed by atoms with Crippen molar-refractivity contribution in [2.24, 2.45) is 17.3 Å². The summed E-state index contributed by atoms with van der Waals surface area (Å²) in [6.07, 6.45) is 4.57. The summed E-state index contributed by atoms with van der Waals surface area (Å²) in [5.74, 6) is 1.59. The molecule has 0 saturated heterocycles. The Morgan fingerprint density at radius 3 is 2.32 bits per heavy atom. The average Bonchev–Trinajstić information content (AvgIpc) is 2.90. The van der Waals surface area contributed by atoms with Crippen LogP contribution < -0.4 is 0 Å². The van der Waals surface area contributed by atoms with Crippen LogP contribution in [0.15, 0.2) is 54.6 Å². The van der Waals surface area contributed by atoms with Gasteiger partial charge in [-0.05, 0) is 61.0 Å². The molecule has 0 spiro atoms. The second kappa shape index (κ2) is 5.99. The standard InChI is InChI=1S/C24H30O/c1-17-9-12-19(13-10-17)22-15-21-14-11-18(2)23(21,3)16-24(22,25)20-7-5-4-6-8-20/h4-10,12-13,18,21-22,25H,11,14-16H2,1-3H3. The van der Waals surface area contributed by atoms with Gasteiger partial charge in [-0.3, -0.25) is 0 Å². The van der Waals surface area contributed by atoms with Gasteiger partial charge in [0, 0.05) is 5.92 Å². The van der Waals surface area contributed by atoms with Gasteiger partial charge in [0.15, 0.2) is 0 Å². The van der Waals surface area contributed by atoms with E-state index in [4.69, 9.17) is 0 Å². The van der Waals surface area contributed by atoms with Crippen molar-refractivity contribution in [1.29, 1.82) is 0 Å². The van der Waals surface area contributed by atoms with Crippen molar-refractivity contribution in [1.82, 2.24) is 0 Å². The maximum absolute atomic E-state index is 12.1. The molecule has 1 N–H and O–H groups in total. The summed E-state index contributed by atoms with van der Waals surface area (Å²) in [7, 11) is 0. The zero-order chi connectivity index (χ0) is 17.7. The second-order valence-corrected chi connectivity index (χ2v) is 8.85. The fourth-order valence-corrected chi connectivity index (χ4v) is 5.64. The van der Waals surface area contributed by atoms with Gasteiger partial charge in [0.1, 0.15) is 0 Å². The minimum absolute atomic E-state index is 0.180. The van der Waals surface area contributed by atoms with Crippen LogP contribution in [-0.2, 0) is 5.60 Å². The van der Waals surface area contributed by atoms with E-state index in [2.05, 4.69) is 69.3 Å². The molecule has 0 amide bonds. The Bertz CT molecular complexity index is 734. The molecule has 0 radical (unpaired) electrons. The smallest absolute Gasteiger partial charge is 0.0970 e. The van der Waals surface area contributed by atoms with E-state index in [1.165, 1.54) is 24.0 Å². The third kappa shape index (κ3) is 2.64. The lowest BCUT2D eigenvalue weighted by Crippen LogP contribution is -2.48. The van der Waals surface area contributed by atoms with Gasteiger partial charge in [-0.25, -0.2) is 0 Å². The number of aliphatic hydroxyl groups is 1. The molecule has 2 fully saturated rings. The summed E-state index contributed by atoms with van der Waals surface area (Å²) in [6.45, 7) is 6.94. The molecule has 1 heteroatoms. The van der Waals surface area contributed by atoms with Gasteiger partial charge in [-0.2, -0.15) is 0 Å². The Morgan fingerprint density at radius 1 is 0.960 bits per heavy atom. The maximum Gasteiger partial charge on any atom is 0.0970 e. The molecule has 25 heavy (non-hydrogen) atoms. The minimum Gasteiger partial charge on any atom is -0.385 e. The monoisotopic (exact) mass is 334 g/mol. The van der Waals surface area contributed by atoms with Crippen LogP contribution in [0.1, 0.15) is 62.1 Å². The lowest BCUT2D eigenvalue weighted by molar-refractivity contribution is -0.0964. The van der Waals surface area contributed by atoms with Gasteiger partial charge >= 0.3 is 0 Å². The van der Waals surface area contributed by atoms with Crippen LogP contribution in [0.3, 0.4) is 0 Å². The van der Waals surface area contributed by atoms with Crippen molar-refractivity contribution >= 4 is 0 Å². The molecule has 0 aliphatic heterocycles. The number of fused-ring (bicyclic) bond motifs is 1. The van der Waals surface area contributed by atoms with Crippen molar-refractivity contribution in [2.75, 3.05) is 0 Å². The first-order valence-corrected chi connectivity index (χ1v) is 9.78. The largest absolute Gasteiger partial charge is 0.385 e. The summed E-state index contributed by atoms with van der Waals surface area (Å²) in [6, 6.07) is 19.2. The molecular weight excluding hydrogens is 304 g/mol. The molecule has 2 aliphatic rings. The van der Waals surface area contributed by atoms with Crippen molar-refractivity contribution in [3.63, 3.8) is 0 Å². The molecule has 5 atom stereocenters. The molecule has 0 bridgehead atoms. The highest BCUT2D eigenvalue weighted by molar-refractivity contribution is 5.35. The Labute approximate surface area is 152 Å². The quantitative estimate of drug-likeness (QED) is 0.734. The minimum atomic E-state index is -0.777. The van der Waals surface area contributed by atoms with E-state index in [1.54, 1.807) is 0 Å². The first kappa shape index (κ1) is 16.8. The molecular formula is C24H30O. The Kier molecular flexibility index (Phi) is 4.03. The van der Waals surface area contributed by atoms with E-state index in [0.29, 0.717) is 5.92 Å². The van der Waals surface area contributed by atoms with Gasteiger partial charge in [0.2, 0.25) is 0 Å². The van der Waals surface area contributed by atoms with Crippen LogP contribution in [0.5, 0.6) is 0 Å². The van der Waals surface area contributed by atoms with E-state index in [1.807, 2.05) is 6.07 Å². The van der Waals surface area contributed by atoms with Gasteiger partial charge < -0.3 is 5.11 Å². The fraction of sp³-hybridized carbons (Fsp3) is 0.500. The van der Waals surface area contributed by atoms with Crippen LogP contribution in [0.4, 0.5) is 0 Å². The van der Waals surface area contributed by atoms with E-state index in [9.17, 15) is 5.11 Å². The zero-order valence-electron chi connectivity index (χ0n) is 15.7. The van der Waals surface area contributed by atoms with Gasteiger partial charge in [-0.15, -0.1) is 0 Å². The summed E-state index contributed by atoms with van der Waals surface area (Å²) < 4.78 is 0. The summed E-state index contributed by atoms with van der Waals surface area (Å²) in [5, 5.41) is 12.1. The molecule has 2 aromatic rings. The van der Waals surface area contributed by atoms with E-state index >= 15 is 0 Å². The molecule has 2 aromatic carbocycles. The van der Waals surface area contributed by atoms with E-state index in [0.717, 1.165) is 24.3 Å². The van der Waals surface area contributed by atoms with Crippen LogP contribution in [0.2, 0.25) is 0 Å². The first-order valence-electron chi connectivity index (χ1n) is 9.78. The molecule has 2 saturated carbocycles. The summed E-state index contributed by atoms with van der Waals surface area (Å²) in [4.78, 5) is 0. The highest BCUT2D eigenvalue weighted by atomic mass is 16.3. The van der Waals surface area contributed by atoms with Crippen LogP contribution >= 0.6 is 0 Å². The Hall–Kier alpha value is -1.60. The second-order valence-electron chi connectivity index (χ2n) is 8.85. The van der Waals surface area contributed by atoms with Crippen molar-refractivity contribution < 1.29 is 5.11 Å². The Morgan fingerprint density at radius 2 is 1.64 bits per heavy atom. The number of hydrogen-bond donors (Lipinski definition) is 1. The predicted octanol–water partition coefficient (Wildman–Crippen LogP) is 5.81. The molecule has 1 nitrogen and oxygen atoms in total. The molecule has 5 unspecified atom stereocenters. The molecule has 2 aliphatic carbocycles. The van der Waals surface area contributed by atoms with Gasteiger partial charge in [0.05, 0.1) is 5.60 Å². The number of aryl methyl sites for hydroxylation is 1. The summed E-state index contributed by atoms with van der Waals surface area (Å²) >= 11 is 0. The summed E-state index contributed by atoms with van der Waals surface area (Å²) in [5.41, 5.74) is 3.12. The van der Waals surface area contributed by atoms with E-state index in [-0.39, 0.29) is 11.3 Å². The van der Waals surface area contributed by atoms with Crippen molar-refractivity contribution in [3.05, 3.63) is 71.3 Å². The molecule has 4 rings (SSSR count). The highest BCUT2D eigenvalue weighted by Gasteiger charge is 2.57. The van der Waals surface area contributed by atoms with Crippen LogP contribution in [-0.4, -0.2) is 5.11 Å². The topological polar surface area (TPSA) is 20.2 Å². The van der Waals surface area contributed by atoms with Crippen molar-refractivity contribution in [3.8, 4) is 0 Å². The fourth-order valence-electron chi connectivity index (χ4n) is 5.64. The zero-order valence-corrected chi connectivity index (χ0v) is 15.7. The lowest BCUT2D eigenvalue weighted by Gasteiger charge is -2.52. The molecule has 132 valence electrons. The predicted molar refractivity (Wildman–Crippen MR) is 103 cm³/mol. The lowest BCUT2D eigenvalue weighted by atomic mass is 9.55. The highest BCUT2D eigenvalue weighted by Crippen LogP contribution is 2.63. The normalized spacial score (nSPS) is 37.7. The third-order valence-corrected chi connectivity index (χ3v) is 7.51. The van der Waals surface area contributed by atoms with Crippen LogP contribution in [0, 0.1) is 24.2 Å². The number of rotatable bonds is 2. The van der Waals surface area contributed by atoms with Crippen LogP contribution in [0.25, 0.3) is 0 Å².